The van der Waals surface area contributed by atoms with Gasteiger partial charge in [0.15, 0.2) is 0 Å². The van der Waals surface area contributed by atoms with E-state index in [-0.39, 0.29) is 27.8 Å². The SMILES string of the molecule is O=[N+]([O-])c1cc2c(c([N+](=O)[O-])c1)-c1c(cc([N+](=O)[O-])cc1[N+](=O)[O-])C2=C/C=C/c1ccccc1. The lowest BCUT2D eigenvalue weighted by Gasteiger charge is -2.04. The summed E-state index contributed by atoms with van der Waals surface area (Å²) in [4.78, 5) is 43.0. The first-order valence-electron chi connectivity index (χ1n) is 9.57. The molecular weight excluding hydrogens is 448 g/mol. The van der Waals surface area contributed by atoms with E-state index in [1.54, 1.807) is 36.4 Å². The summed E-state index contributed by atoms with van der Waals surface area (Å²) in [6, 6.07) is 12.6. The minimum Gasteiger partial charge on any atom is -0.258 e. The summed E-state index contributed by atoms with van der Waals surface area (Å²) in [5.74, 6) is 0. The molecule has 0 radical (unpaired) electrons. The largest absolute Gasteiger partial charge is 0.284 e. The topological polar surface area (TPSA) is 173 Å². The molecule has 168 valence electrons. The molecule has 0 aliphatic heterocycles. The van der Waals surface area contributed by atoms with Gasteiger partial charge in [0.05, 0.1) is 43.0 Å². The van der Waals surface area contributed by atoms with Gasteiger partial charge in [-0.1, -0.05) is 48.6 Å². The normalized spacial score (nSPS) is 11.7. The van der Waals surface area contributed by atoms with Crippen molar-refractivity contribution in [1.29, 1.82) is 0 Å². The zero-order valence-corrected chi connectivity index (χ0v) is 17.0. The molecule has 1 aliphatic carbocycles. The van der Waals surface area contributed by atoms with Crippen LogP contribution in [0.2, 0.25) is 0 Å². The van der Waals surface area contributed by atoms with Gasteiger partial charge in [0, 0.05) is 23.3 Å². The third kappa shape index (κ3) is 3.75. The molecule has 0 fully saturated rings. The van der Waals surface area contributed by atoms with Crippen LogP contribution < -0.4 is 0 Å². The summed E-state index contributed by atoms with van der Waals surface area (Å²) in [6.07, 6.45) is 4.69. The number of hydrogen-bond acceptors (Lipinski definition) is 8. The van der Waals surface area contributed by atoms with Gasteiger partial charge in [0.1, 0.15) is 0 Å². The Balaban J connectivity index is 2.08. The van der Waals surface area contributed by atoms with Crippen molar-refractivity contribution < 1.29 is 19.7 Å². The molecule has 1 aliphatic rings. The highest BCUT2D eigenvalue weighted by Gasteiger charge is 2.40. The number of fused-ring (bicyclic) bond motifs is 3. The number of nitrogens with zero attached hydrogens (tertiary/aromatic N) is 4. The number of non-ortho nitro benzene ring substituents is 2. The summed E-state index contributed by atoms with van der Waals surface area (Å²) in [5.41, 5.74) is -2.06. The fourth-order valence-corrected chi connectivity index (χ4v) is 3.82. The van der Waals surface area contributed by atoms with Crippen molar-refractivity contribution >= 4 is 34.4 Å². The van der Waals surface area contributed by atoms with Crippen LogP contribution in [0.4, 0.5) is 22.7 Å². The number of nitro groups is 4. The van der Waals surface area contributed by atoms with Crippen LogP contribution in [0.5, 0.6) is 0 Å². The highest BCUT2D eigenvalue weighted by Crippen LogP contribution is 2.54. The van der Waals surface area contributed by atoms with E-state index in [1.165, 1.54) is 6.08 Å². The number of hydrogen-bond donors (Lipinski definition) is 0. The maximum atomic E-state index is 11.8. The summed E-state index contributed by atoms with van der Waals surface area (Å²) in [5, 5.41) is 46.4. The maximum absolute atomic E-state index is 11.8. The van der Waals surface area contributed by atoms with Gasteiger partial charge in [0.2, 0.25) is 0 Å². The summed E-state index contributed by atoms with van der Waals surface area (Å²) in [7, 11) is 0. The lowest BCUT2D eigenvalue weighted by molar-refractivity contribution is -0.395. The molecule has 0 bridgehead atoms. The van der Waals surface area contributed by atoms with Crippen molar-refractivity contribution in [2.75, 3.05) is 0 Å². The molecule has 0 spiro atoms. The van der Waals surface area contributed by atoms with E-state index in [1.807, 2.05) is 6.07 Å². The highest BCUT2D eigenvalue weighted by atomic mass is 16.6. The van der Waals surface area contributed by atoms with Crippen LogP contribution in [0.15, 0.2) is 66.7 Å². The zero-order chi connectivity index (χ0) is 24.6. The fourth-order valence-electron chi connectivity index (χ4n) is 3.82. The Hall–Kier alpha value is -5.26. The minimum atomic E-state index is -0.872. The van der Waals surface area contributed by atoms with Gasteiger partial charge < -0.3 is 0 Å². The highest BCUT2D eigenvalue weighted by molar-refractivity contribution is 6.08. The van der Waals surface area contributed by atoms with Crippen molar-refractivity contribution in [3.05, 3.63) is 124 Å². The molecule has 12 nitrogen and oxygen atoms in total. The third-order valence-corrected chi connectivity index (χ3v) is 5.20. The van der Waals surface area contributed by atoms with E-state index in [9.17, 15) is 40.5 Å². The lowest BCUT2D eigenvalue weighted by Crippen LogP contribution is -1.99. The molecule has 0 atom stereocenters. The van der Waals surface area contributed by atoms with E-state index in [4.69, 9.17) is 0 Å². The second-order valence-corrected chi connectivity index (χ2v) is 7.15. The predicted octanol–water partition coefficient (Wildman–Crippen LogP) is 5.44. The van der Waals surface area contributed by atoms with E-state index in [0.29, 0.717) is 0 Å². The van der Waals surface area contributed by atoms with Crippen molar-refractivity contribution in [3.63, 3.8) is 0 Å². The number of allylic oxidation sites excluding steroid dienone is 2. The molecule has 0 saturated heterocycles. The monoisotopic (exact) mass is 460 g/mol. The average Bonchev–Trinajstić information content (AvgIpc) is 3.11. The zero-order valence-electron chi connectivity index (χ0n) is 17.0. The van der Waals surface area contributed by atoms with Crippen LogP contribution >= 0.6 is 0 Å². The van der Waals surface area contributed by atoms with E-state index >= 15 is 0 Å². The van der Waals surface area contributed by atoms with E-state index in [2.05, 4.69) is 0 Å². The van der Waals surface area contributed by atoms with Crippen molar-refractivity contribution in [2.24, 2.45) is 0 Å². The van der Waals surface area contributed by atoms with Crippen LogP contribution in [0.1, 0.15) is 16.7 Å². The number of nitro benzene ring substituents is 4. The van der Waals surface area contributed by atoms with Gasteiger partial charge in [-0.3, -0.25) is 40.5 Å². The number of rotatable bonds is 6. The van der Waals surface area contributed by atoms with Gasteiger partial charge in [-0.25, -0.2) is 0 Å². The van der Waals surface area contributed by atoms with Gasteiger partial charge >= 0.3 is 0 Å². The maximum Gasteiger partial charge on any atom is 0.284 e. The third-order valence-electron chi connectivity index (χ3n) is 5.20. The van der Waals surface area contributed by atoms with Gasteiger partial charge in [-0.15, -0.1) is 0 Å². The smallest absolute Gasteiger partial charge is 0.258 e. The quantitative estimate of drug-likeness (QED) is 0.270. The molecule has 0 unspecified atom stereocenters. The first kappa shape index (κ1) is 22.0. The standard InChI is InChI=1S/C22H12N4O8/c27-23(28)14-9-17-16(8-4-7-13-5-2-1-3-6-13)18-10-15(24(29)30)12-20(26(33)34)22(18)21(17)19(11-14)25(31)32/h1-12H/b7-4+. The molecular formula is C22H12N4O8. The Morgan fingerprint density at radius 1 is 0.618 bits per heavy atom. The molecule has 3 aromatic rings. The number of benzene rings is 3. The Kier molecular flexibility index (Phi) is 5.39. The molecule has 0 amide bonds. The van der Waals surface area contributed by atoms with E-state index in [0.717, 1.165) is 29.8 Å². The molecule has 0 saturated carbocycles. The van der Waals surface area contributed by atoms with Crippen molar-refractivity contribution in [3.8, 4) is 11.1 Å². The second-order valence-electron chi connectivity index (χ2n) is 7.15. The van der Waals surface area contributed by atoms with Gasteiger partial charge in [0.25, 0.3) is 22.7 Å². The first-order chi connectivity index (χ1) is 16.2. The van der Waals surface area contributed by atoms with Crippen molar-refractivity contribution in [1.82, 2.24) is 0 Å². The van der Waals surface area contributed by atoms with E-state index < -0.39 is 42.4 Å². The van der Waals surface area contributed by atoms with Crippen LogP contribution in [0.3, 0.4) is 0 Å². The summed E-state index contributed by atoms with van der Waals surface area (Å²) >= 11 is 0. The fraction of sp³-hybridized carbons (Fsp3) is 0. The first-order valence-corrected chi connectivity index (χ1v) is 9.57. The molecule has 34 heavy (non-hydrogen) atoms. The van der Waals surface area contributed by atoms with Crippen LogP contribution in [-0.2, 0) is 0 Å². The summed E-state index contributed by atoms with van der Waals surface area (Å²) in [6.45, 7) is 0. The van der Waals surface area contributed by atoms with Crippen LogP contribution in [-0.4, -0.2) is 19.7 Å². The minimum absolute atomic E-state index is 0.00258. The molecule has 0 heterocycles. The lowest BCUT2D eigenvalue weighted by atomic mass is 10.0. The predicted molar refractivity (Wildman–Crippen MR) is 121 cm³/mol. The Morgan fingerprint density at radius 2 is 1.09 bits per heavy atom. The molecule has 12 heteroatoms. The van der Waals surface area contributed by atoms with Crippen LogP contribution in [0.25, 0.3) is 22.8 Å². The van der Waals surface area contributed by atoms with Crippen molar-refractivity contribution in [2.45, 2.75) is 0 Å². The average molecular weight is 460 g/mol. The molecule has 0 N–H and O–H groups in total. The second kappa shape index (κ2) is 8.35. The Labute approximate surface area is 189 Å². The molecule has 3 aromatic carbocycles. The van der Waals surface area contributed by atoms with Gasteiger partial charge in [-0.2, -0.15) is 0 Å². The Morgan fingerprint density at radius 3 is 1.50 bits per heavy atom. The van der Waals surface area contributed by atoms with Gasteiger partial charge in [-0.05, 0) is 11.1 Å². The molecule has 4 rings (SSSR count). The molecule has 0 aromatic heterocycles. The van der Waals surface area contributed by atoms with Crippen LogP contribution in [0, 0.1) is 40.5 Å². The Bertz CT molecular complexity index is 1380. The summed E-state index contributed by atoms with van der Waals surface area (Å²) < 4.78 is 0.